The summed E-state index contributed by atoms with van der Waals surface area (Å²) >= 11 is 0. The minimum atomic E-state index is 0.287. The molecule has 2 aromatic carbocycles. The molecule has 0 unspecified atom stereocenters. The third-order valence-electron chi connectivity index (χ3n) is 5.52. The summed E-state index contributed by atoms with van der Waals surface area (Å²) in [6.45, 7) is 6.29. The van der Waals surface area contributed by atoms with E-state index in [0.717, 1.165) is 44.7 Å². The topological polar surface area (TPSA) is 20.3 Å². The van der Waals surface area contributed by atoms with Crippen molar-refractivity contribution in [3.8, 4) is 0 Å². The number of carbonyl (C=O) groups is 1. The van der Waals surface area contributed by atoms with Crippen LogP contribution in [0.25, 0.3) is 0 Å². The van der Waals surface area contributed by atoms with Crippen LogP contribution < -0.4 is 0 Å². The molecule has 2 aromatic rings. The van der Waals surface area contributed by atoms with E-state index in [1.807, 2.05) is 0 Å². The third kappa shape index (κ3) is 4.72. The summed E-state index contributed by atoms with van der Waals surface area (Å²) in [5.74, 6) is 1.04. The molecule has 1 fully saturated rings. The van der Waals surface area contributed by atoms with Crippen LogP contribution in [0.4, 0.5) is 0 Å². The van der Waals surface area contributed by atoms with Crippen LogP contribution in [0, 0.1) is 12.8 Å². The lowest BCUT2D eigenvalue weighted by molar-refractivity contribution is -0.131. The number of hydrogen-bond acceptors (Lipinski definition) is 1. The van der Waals surface area contributed by atoms with E-state index >= 15 is 0 Å². The first kappa shape index (κ1) is 17.7. The van der Waals surface area contributed by atoms with Crippen molar-refractivity contribution in [3.05, 3.63) is 70.8 Å². The highest BCUT2D eigenvalue weighted by Crippen LogP contribution is 2.19. The second kappa shape index (κ2) is 8.33. The molecule has 2 nitrogen and oxygen atoms in total. The number of aryl methyl sites for hydroxylation is 3. The van der Waals surface area contributed by atoms with Crippen LogP contribution >= 0.6 is 0 Å². The van der Waals surface area contributed by atoms with Gasteiger partial charge in [0.1, 0.15) is 0 Å². The monoisotopic (exact) mass is 335 g/mol. The molecule has 132 valence electrons. The standard InChI is InChI=1S/C23H29NO/c1-18-13-15-24(16-14-18)23(25)17-22-10-6-5-9-21(22)12-11-20-8-4-3-7-19(20)2/h3-10,18H,11-17H2,1-2H3. The Labute approximate surface area is 151 Å². The van der Waals surface area contributed by atoms with Gasteiger partial charge in [0.15, 0.2) is 0 Å². The van der Waals surface area contributed by atoms with Crippen LogP contribution in [0.15, 0.2) is 48.5 Å². The van der Waals surface area contributed by atoms with Crippen LogP contribution in [-0.4, -0.2) is 23.9 Å². The van der Waals surface area contributed by atoms with Crippen molar-refractivity contribution >= 4 is 5.91 Å². The van der Waals surface area contributed by atoms with E-state index in [9.17, 15) is 4.79 Å². The van der Waals surface area contributed by atoms with Gasteiger partial charge in [0.05, 0.1) is 6.42 Å². The third-order valence-corrected chi connectivity index (χ3v) is 5.52. The lowest BCUT2D eigenvalue weighted by Gasteiger charge is -2.30. The molecule has 1 aliphatic rings. The summed E-state index contributed by atoms with van der Waals surface area (Å²) in [4.78, 5) is 14.7. The quantitative estimate of drug-likeness (QED) is 0.783. The molecule has 0 bridgehead atoms. The van der Waals surface area contributed by atoms with E-state index in [0.29, 0.717) is 6.42 Å². The van der Waals surface area contributed by atoms with Crippen LogP contribution in [0.3, 0.4) is 0 Å². The first-order valence-electron chi connectivity index (χ1n) is 9.52. The molecule has 1 amide bonds. The Hall–Kier alpha value is -2.09. The molecule has 1 heterocycles. The Morgan fingerprint density at radius 2 is 1.48 bits per heavy atom. The summed E-state index contributed by atoms with van der Waals surface area (Å²) in [7, 11) is 0. The second-order valence-corrected chi connectivity index (χ2v) is 7.44. The van der Waals surface area contributed by atoms with Gasteiger partial charge in [0.25, 0.3) is 0 Å². The van der Waals surface area contributed by atoms with Gasteiger partial charge in [-0.1, -0.05) is 55.5 Å². The SMILES string of the molecule is Cc1ccccc1CCc1ccccc1CC(=O)N1CCC(C)CC1. The van der Waals surface area contributed by atoms with Crippen molar-refractivity contribution in [2.75, 3.05) is 13.1 Å². The number of benzene rings is 2. The van der Waals surface area contributed by atoms with E-state index in [1.165, 1.54) is 22.3 Å². The number of amides is 1. The van der Waals surface area contributed by atoms with Crippen molar-refractivity contribution in [2.24, 2.45) is 5.92 Å². The molecule has 0 saturated carbocycles. The number of carbonyl (C=O) groups excluding carboxylic acids is 1. The molecule has 2 heteroatoms. The molecule has 0 aliphatic carbocycles. The molecule has 0 spiro atoms. The zero-order valence-electron chi connectivity index (χ0n) is 15.5. The van der Waals surface area contributed by atoms with Gasteiger partial charge in [-0.2, -0.15) is 0 Å². The zero-order chi connectivity index (χ0) is 17.6. The van der Waals surface area contributed by atoms with E-state index in [-0.39, 0.29) is 5.91 Å². The van der Waals surface area contributed by atoms with Crippen molar-refractivity contribution in [3.63, 3.8) is 0 Å². The molecular formula is C23H29NO. The molecule has 1 aliphatic heterocycles. The molecular weight excluding hydrogens is 306 g/mol. The van der Waals surface area contributed by atoms with E-state index in [1.54, 1.807) is 0 Å². The maximum Gasteiger partial charge on any atom is 0.226 e. The van der Waals surface area contributed by atoms with Gasteiger partial charge in [-0.3, -0.25) is 4.79 Å². The minimum Gasteiger partial charge on any atom is -0.342 e. The van der Waals surface area contributed by atoms with Gasteiger partial charge >= 0.3 is 0 Å². The van der Waals surface area contributed by atoms with Crippen molar-refractivity contribution in [1.29, 1.82) is 0 Å². The molecule has 1 saturated heterocycles. The predicted molar refractivity (Wildman–Crippen MR) is 104 cm³/mol. The summed E-state index contributed by atoms with van der Waals surface area (Å²) in [5, 5.41) is 0. The zero-order valence-corrected chi connectivity index (χ0v) is 15.5. The van der Waals surface area contributed by atoms with Gasteiger partial charge in [-0.25, -0.2) is 0 Å². The van der Waals surface area contributed by atoms with E-state index in [2.05, 4.69) is 67.3 Å². The molecule has 0 N–H and O–H groups in total. The van der Waals surface area contributed by atoms with Gasteiger partial charge in [-0.05, 0) is 60.8 Å². The Morgan fingerprint density at radius 1 is 0.920 bits per heavy atom. The van der Waals surface area contributed by atoms with Crippen LogP contribution in [0.5, 0.6) is 0 Å². The largest absolute Gasteiger partial charge is 0.342 e. The summed E-state index contributed by atoms with van der Waals surface area (Å²) < 4.78 is 0. The summed E-state index contributed by atoms with van der Waals surface area (Å²) in [6.07, 6.45) is 4.84. The van der Waals surface area contributed by atoms with Crippen molar-refractivity contribution < 1.29 is 4.79 Å². The summed E-state index contributed by atoms with van der Waals surface area (Å²) in [5.41, 5.74) is 5.25. The van der Waals surface area contributed by atoms with Crippen LogP contribution in [0.2, 0.25) is 0 Å². The van der Waals surface area contributed by atoms with E-state index in [4.69, 9.17) is 0 Å². The Morgan fingerprint density at radius 3 is 2.16 bits per heavy atom. The number of rotatable bonds is 5. The Bertz CT molecular complexity index is 714. The first-order chi connectivity index (χ1) is 12.1. The molecule has 3 rings (SSSR count). The smallest absolute Gasteiger partial charge is 0.226 e. The average molecular weight is 335 g/mol. The average Bonchev–Trinajstić information content (AvgIpc) is 2.62. The fourth-order valence-corrected chi connectivity index (χ4v) is 3.67. The first-order valence-corrected chi connectivity index (χ1v) is 9.52. The predicted octanol–water partition coefficient (Wildman–Crippen LogP) is 4.58. The van der Waals surface area contributed by atoms with Crippen molar-refractivity contribution in [2.45, 2.75) is 46.0 Å². The fourth-order valence-electron chi connectivity index (χ4n) is 3.67. The summed E-state index contributed by atoms with van der Waals surface area (Å²) in [6, 6.07) is 17.0. The number of hydrogen-bond donors (Lipinski definition) is 0. The minimum absolute atomic E-state index is 0.287. The van der Waals surface area contributed by atoms with Gasteiger partial charge in [0, 0.05) is 13.1 Å². The van der Waals surface area contributed by atoms with Gasteiger partial charge in [-0.15, -0.1) is 0 Å². The lowest BCUT2D eigenvalue weighted by Crippen LogP contribution is -2.38. The van der Waals surface area contributed by atoms with Gasteiger partial charge in [0.2, 0.25) is 5.91 Å². The fraction of sp³-hybridized carbons (Fsp3) is 0.435. The normalized spacial score (nSPS) is 15.4. The number of likely N-dealkylation sites (tertiary alicyclic amines) is 1. The lowest BCUT2D eigenvalue weighted by atomic mass is 9.95. The molecule has 0 aromatic heterocycles. The Kier molecular flexibility index (Phi) is 5.91. The maximum absolute atomic E-state index is 12.7. The number of nitrogens with zero attached hydrogens (tertiary/aromatic N) is 1. The van der Waals surface area contributed by atoms with E-state index < -0.39 is 0 Å². The number of piperidine rings is 1. The Balaban J connectivity index is 1.64. The molecule has 0 atom stereocenters. The highest BCUT2D eigenvalue weighted by atomic mass is 16.2. The second-order valence-electron chi connectivity index (χ2n) is 7.44. The van der Waals surface area contributed by atoms with Gasteiger partial charge < -0.3 is 4.90 Å². The molecule has 25 heavy (non-hydrogen) atoms. The highest BCUT2D eigenvalue weighted by molar-refractivity contribution is 5.79. The van der Waals surface area contributed by atoms with Crippen LogP contribution in [-0.2, 0) is 24.1 Å². The maximum atomic E-state index is 12.7. The molecule has 0 radical (unpaired) electrons. The van der Waals surface area contributed by atoms with Crippen LogP contribution in [0.1, 0.15) is 42.0 Å². The highest BCUT2D eigenvalue weighted by Gasteiger charge is 2.20. The van der Waals surface area contributed by atoms with Crippen molar-refractivity contribution in [1.82, 2.24) is 4.90 Å².